The largest absolute Gasteiger partial charge is 0.497 e. The number of hydrogen-bond acceptors (Lipinski definition) is 2. The predicted molar refractivity (Wildman–Crippen MR) is 85.4 cm³/mol. The van der Waals surface area contributed by atoms with E-state index < -0.39 is 0 Å². The molecule has 0 spiro atoms. The molecule has 0 unspecified atom stereocenters. The van der Waals surface area contributed by atoms with Crippen molar-refractivity contribution in [1.82, 2.24) is 5.32 Å². The van der Waals surface area contributed by atoms with Gasteiger partial charge in [0.1, 0.15) is 5.75 Å². The molecule has 0 aromatic heterocycles. The molecular weight excluding hydrogens is 246 g/mol. The molecule has 0 amide bonds. The maximum atomic E-state index is 5.40. The average molecular weight is 275 g/mol. The van der Waals surface area contributed by atoms with E-state index in [0.717, 1.165) is 24.1 Å². The highest BCUT2D eigenvalue weighted by molar-refractivity contribution is 5.36. The van der Waals surface area contributed by atoms with Crippen molar-refractivity contribution in [3.8, 4) is 5.75 Å². The topological polar surface area (TPSA) is 21.3 Å². The molecule has 0 bridgehead atoms. The smallest absolute Gasteiger partial charge is 0.119 e. The Morgan fingerprint density at radius 3 is 2.50 bits per heavy atom. The van der Waals surface area contributed by atoms with E-state index in [9.17, 15) is 0 Å². The lowest BCUT2D eigenvalue weighted by molar-refractivity contribution is 0.0956. The number of rotatable bonds is 6. The first-order chi connectivity index (χ1) is 9.47. The van der Waals surface area contributed by atoms with Gasteiger partial charge in [0.25, 0.3) is 0 Å². The van der Waals surface area contributed by atoms with Crippen LogP contribution in [0.1, 0.15) is 46.1 Å². The Morgan fingerprint density at radius 1 is 1.25 bits per heavy atom. The fourth-order valence-corrected chi connectivity index (χ4v) is 3.25. The molecular formula is C18H29NO. The van der Waals surface area contributed by atoms with Crippen molar-refractivity contribution >= 4 is 0 Å². The van der Waals surface area contributed by atoms with Gasteiger partial charge in [-0.25, -0.2) is 0 Å². The van der Waals surface area contributed by atoms with Gasteiger partial charge in [0, 0.05) is 18.0 Å². The van der Waals surface area contributed by atoms with Crippen molar-refractivity contribution in [2.24, 2.45) is 11.8 Å². The summed E-state index contributed by atoms with van der Waals surface area (Å²) >= 11 is 0. The van der Waals surface area contributed by atoms with Crippen LogP contribution in [0.4, 0.5) is 0 Å². The van der Waals surface area contributed by atoms with Gasteiger partial charge in [-0.1, -0.05) is 39.8 Å². The van der Waals surface area contributed by atoms with Crippen LogP contribution < -0.4 is 10.1 Å². The Hall–Kier alpha value is -1.02. The number of ether oxygens (including phenoxy) is 1. The van der Waals surface area contributed by atoms with Crippen LogP contribution in [-0.4, -0.2) is 19.7 Å². The monoisotopic (exact) mass is 275 g/mol. The zero-order chi connectivity index (χ0) is 14.8. The zero-order valence-electron chi connectivity index (χ0n) is 13.6. The van der Waals surface area contributed by atoms with Gasteiger partial charge in [0.15, 0.2) is 0 Å². The van der Waals surface area contributed by atoms with E-state index in [1.165, 1.54) is 18.4 Å². The molecule has 2 rings (SSSR count). The third-order valence-electron chi connectivity index (χ3n) is 4.78. The normalized spacial score (nSPS) is 25.9. The molecule has 1 aromatic rings. The number of nitrogens with one attached hydrogen (secondary N) is 1. The molecule has 0 radical (unpaired) electrons. The first-order valence-electron chi connectivity index (χ1n) is 7.85. The molecule has 0 atom stereocenters. The van der Waals surface area contributed by atoms with Gasteiger partial charge in [0.05, 0.1) is 7.11 Å². The molecule has 1 N–H and O–H groups in total. The van der Waals surface area contributed by atoms with Gasteiger partial charge < -0.3 is 10.1 Å². The highest BCUT2D eigenvalue weighted by atomic mass is 16.5. The summed E-state index contributed by atoms with van der Waals surface area (Å²) < 4.78 is 5.40. The second kappa shape index (κ2) is 6.17. The highest BCUT2D eigenvalue weighted by Gasteiger charge is 2.46. The summed E-state index contributed by atoms with van der Waals surface area (Å²) in [6.07, 6.45) is 2.58. The van der Waals surface area contributed by atoms with Crippen LogP contribution in [0.2, 0.25) is 0 Å². The third-order valence-corrected chi connectivity index (χ3v) is 4.78. The van der Waals surface area contributed by atoms with E-state index in [2.05, 4.69) is 51.2 Å². The lowest BCUT2D eigenvalue weighted by atomic mass is 9.55. The zero-order valence-corrected chi connectivity index (χ0v) is 13.6. The van der Waals surface area contributed by atoms with Crippen molar-refractivity contribution in [2.75, 3.05) is 13.7 Å². The second-order valence-electron chi connectivity index (χ2n) is 6.96. The molecule has 1 fully saturated rings. The molecule has 0 aliphatic heterocycles. The quantitative estimate of drug-likeness (QED) is 0.847. The van der Waals surface area contributed by atoms with Gasteiger partial charge in [0.2, 0.25) is 0 Å². The summed E-state index contributed by atoms with van der Waals surface area (Å²) in [6.45, 7) is 10.2. The van der Waals surface area contributed by atoms with Crippen LogP contribution in [0.5, 0.6) is 5.75 Å². The fraction of sp³-hybridized carbons (Fsp3) is 0.667. The Balaban J connectivity index is 2.18. The minimum absolute atomic E-state index is 0.299. The third kappa shape index (κ3) is 3.17. The first kappa shape index (κ1) is 15.4. The molecule has 20 heavy (non-hydrogen) atoms. The van der Waals surface area contributed by atoms with Crippen molar-refractivity contribution < 1.29 is 4.74 Å². The van der Waals surface area contributed by atoms with Crippen LogP contribution in [0.25, 0.3) is 0 Å². The molecule has 1 aliphatic carbocycles. The summed E-state index contributed by atoms with van der Waals surface area (Å²) in [7, 11) is 1.75. The standard InChI is InChI=1S/C18H29NO/c1-13(2)15-10-18(11-15,12-19-14(3)4)16-7-6-8-17(9-16)20-5/h6-9,13-15,19H,10-12H2,1-5H3. The molecule has 0 saturated heterocycles. The molecule has 112 valence electrons. The van der Waals surface area contributed by atoms with E-state index >= 15 is 0 Å². The Bertz CT molecular complexity index is 427. The van der Waals surface area contributed by atoms with Crippen molar-refractivity contribution in [2.45, 2.75) is 52.0 Å². The Morgan fingerprint density at radius 2 is 1.95 bits per heavy atom. The number of hydrogen-bond donors (Lipinski definition) is 1. The second-order valence-corrected chi connectivity index (χ2v) is 6.96. The molecule has 1 saturated carbocycles. The highest BCUT2D eigenvalue weighted by Crippen LogP contribution is 2.50. The molecule has 1 aliphatic rings. The van der Waals surface area contributed by atoms with Gasteiger partial charge in [-0.3, -0.25) is 0 Å². The summed E-state index contributed by atoms with van der Waals surface area (Å²) in [5.74, 6) is 2.61. The van der Waals surface area contributed by atoms with Gasteiger partial charge in [-0.15, -0.1) is 0 Å². The van der Waals surface area contributed by atoms with Crippen molar-refractivity contribution in [3.05, 3.63) is 29.8 Å². The van der Waals surface area contributed by atoms with Crippen molar-refractivity contribution in [3.63, 3.8) is 0 Å². The maximum absolute atomic E-state index is 5.40. The first-order valence-corrected chi connectivity index (χ1v) is 7.85. The van der Waals surface area contributed by atoms with E-state index in [-0.39, 0.29) is 0 Å². The number of methoxy groups -OCH3 is 1. The van der Waals surface area contributed by atoms with Gasteiger partial charge in [-0.2, -0.15) is 0 Å². The van der Waals surface area contributed by atoms with Crippen LogP contribution >= 0.6 is 0 Å². The van der Waals surface area contributed by atoms with E-state index in [1.807, 2.05) is 6.07 Å². The minimum Gasteiger partial charge on any atom is -0.497 e. The summed E-state index contributed by atoms with van der Waals surface area (Å²) in [4.78, 5) is 0. The van der Waals surface area contributed by atoms with Gasteiger partial charge in [-0.05, 0) is 42.4 Å². The van der Waals surface area contributed by atoms with Crippen molar-refractivity contribution in [1.29, 1.82) is 0 Å². The minimum atomic E-state index is 0.299. The molecule has 2 nitrogen and oxygen atoms in total. The molecule has 1 aromatic carbocycles. The van der Waals surface area contributed by atoms with E-state index in [0.29, 0.717) is 11.5 Å². The van der Waals surface area contributed by atoms with E-state index in [4.69, 9.17) is 4.74 Å². The summed E-state index contributed by atoms with van der Waals surface area (Å²) in [6, 6.07) is 9.18. The Kier molecular flexibility index (Phi) is 4.74. The van der Waals surface area contributed by atoms with Crippen LogP contribution in [0.15, 0.2) is 24.3 Å². The maximum Gasteiger partial charge on any atom is 0.119 e. The molecule has 2 heteroatoms. The summed E-state index contributed by atoms with van der Waals surface area (Å²) in [5, 5.41) is 3.64. The fourth-order valence-electron chi connectivity index (χ4n) is 3.25. The van der Waals surface area contributed by atoms with E-state index in [1.54, 1.807) is 7.11 Å². The van der Waals surface area contributed by atoms with Crippen LogP contribution in [0.3, 0.4) is 0 Å². The Labute approximate surface area is 123 Å². The SMILES string of the molecule is COc1cccc(C2(CNC(C)C)CC(C(C)C)C2)c1. The number of benzene rings is 1. The lowest BCUT2D eigenvalue weighted by Gasteiger charge is -2.50. The average Bonchev–Trinajstić information content (AvgIpc) is 2.37. The predicted octanol–water partition coefficient (Wildman–Crippen LogP) is 4.00. The molecule has 0 heterocycles. The summed E-state index contributed by atoms with van der Waals surface area (Å²) in [5.41, 5.74) is 1.73. The van der Waals surface area contributed by atoms with Crippen LogP contribution in [0, 0.1) is 11.8 Å². The lowest BCUT2D eigenvalue weighted by Crippen LogP contribution is -2.51. The van der Waals surface area contributed by atoms with Crippen LogP contribution in [-0.2, 0) is 5.41 Å². The van der Waals surface area contributed by atoms with Gasteiger partial charge >= 0.3 is 0 Å².